The van der Waals surface area contributed by atoms with Gasteiger partial charge >= 0.3 is 0 Å². The molecule has 0 aromatic heterocycles. The Labute approximate surface area is 80.0 Å². The maximum absolute atomic E-state index is 6.89. The van der Waals surface area contributed by atoms with Crippen molar-refractivity contribution in [3.63, 3.8) is 0 Å². The fourth-order valence-corrected chi connectivity index (χ4v) is 0.534. The summed E-state index contributed by atoms with van der Waals surface area (Å²) in [6, 6.07) is 0. The van der Waals surface area contributed by atoms with Crippen LogP contribution in [0.15, 0.2) is 23.8 Å². The molecule has 0 radical (unpaired) electrons. The van der Waals surface area contributed by atoms with Crippen molar-refractivity contribution in [3.8, 4) is 5.92 Å². The van der Waals surface area contributed by atoms with E-state index in [2.05, 4.69) is 17.9 Å². The lowest BCUT2D eigenvalue weighted by Gasteiger charge is -2.22. The first-order valence-corrected chi connectivity index (χ1v) is 3.91. The van der Waals surface area contributed by atoms with Gasteiger partial charge in [0.15, 0.2) is 5.88 Å². The van der Waals surface area contributed by atoms with Crippen LogP contribution in [0.3, 0.4) is 0 Å². The smallest absolute Gasteiger partial charge is 0.199 e. The highest BCUT2D eigenvalue weighted by Gasteiger charge is 1.99. The Morgan fingerprint density at radius 2 is 2.08 bits per heavy atom. The fourth-order valence-electron chi connectivity index (χ4n) is 0.534. The molecule has 0 aromatic rings. The lowest BCUT2D eigenvalue weighted by Crippen LogP contribution is -2.30. The molecule has 0 atom stereocenters. The Morgan fingerprint density at radius 3 is 2.46 bits per heavy atom. The molecule has 0 amide bonds. The summed E-state index contributed by atoms with van der Waals surface area (Å²) in [5.74, 6) is 3.36. The van der Waals surface area contributed by atoms with Crippen molar-refractivity contribution < 1.29 is 4.74 Å². The minimum atomic E-state index is 0.481. The second-order valence-corrected chi connectivity index (χ2v) is 2.58. The second-order valence-electron chi connectivity index (χ2n) is 2.58. The van der Waals surface area contributed by atoms with E-state index in [1.54, 1.807) is 33.0 Å². The van der Waals surface area contributed by atoms with Gasteiger partial charge in [0.2, 0.25) is 0 Å². The Balaban J connectivity index is 4.32. The normalized spacial score (nSPS) is 11.3. The van der Waals surface area contributed by atoms with Crippen LogP contribution in [0.25, 0.3) is 0 Å². The molecule has 0 aromatic carbocycles. The van der Waals surface area contributed by atoms with E-state index in [1.165, 1.54) is 0 Å². The van der Waals surface area contributed by atoms with Crippen LogP contribution in [-0.4, -0.2) is 19.1 Å². The lowest BCUT2D eigenvalue weighted by molar-refractivity contribution is 0.154. The third kappa shape index (κ3) is 3.68. The number of hydrogen-bond donors (Lipinski definition) is 1. The predicted molar refractivity (Wildman–Crippen MR) is 52.6 cm³/mol. The number of hydrazine groups is 1. The zero-order chi connectivity index (χ0) is 10.4. The minimum absolute atomic E-state index is 0.481. The van der Waals surface area contributed by atoms with E-state index in [9.17, 15) is 0 Å². The number of nitrogens with zero attached hydrogens (tertiary/aromatic N) is 1. The average Bonchev–Trinajstić information content (AvgIpc) is 2.14. The quantitative estimate of drug-likeness (QED) is 0.306. The van der Waals surface area contributed by atoms with E-state index in [0.717, 1.165) is 0 Å². The summed E-state index contributed by atoms with van der Waals surface area (Å²) >= 11 is 0. The summed E-state index contributed by atoms with van der Waals surface area (Å²) in [7, 11) is 3.56. The van der Waals surface area contributed by atoms with Crippen LogP contribution in [0.5, 0.6) is 0 Å². The van der Waals surface area contributed by atoms with Gasteiger partial charge in [0.05, 0.1) is 0 Å². The lowest BCUT2D eigenvalue weighted by atomic mass is 10.3. The molecule has 0 spiro atoms. The van der Waals surface area contributed by atoms with Crippen LogP contribution in [0, 0.1) is 12.3 Å². The molecule has 0 heterocycles. The van der Waals surface area contributed by atoms with Crippen molar-refractivity contribution in [2.24, 2.45) is 0 Å². The van der Waals surface area contributed by atoms with E-state index >= 15 is 0 Å². The van der Waals surface area contributed by atoms with Gasteiger partial charge in [-0.3, -0.25) is 10.9 Å². The zero-order valence-electron chi connectivity index (χ0n) is 8.56. The molecular weight excluding hydrogens is 164 g/mol. The third-order valence-corrected chi connectivity index (χ3v) is 1.70. The Kier molecular flexibility index (Phi) is 4.71. The molecule has 1 N–H and O–H groups in total. The van der Waals surface area contributed by atoms with Crippen LogP contribution in [0.2, 0.25) is 0 Å². The minimum Gasteiger partial charge on any atom is -0.463 e. The Bertz CT molecular complexity index is 261. The number of allylic oxidation sites excluding steroid dienone is 2. The first kappa shape index (κ1) is 11.6. The zero-order valence-corrected chi connectivity index (χ0v) is 8.56. The highest BCUT2D eigenvalue weighted by atomic mass is 16.5. The standard InChI is InChI=1S/C10H15N2O/c1-7-8(2)9(3)13-10(4)12(6)11-5/h11H,4H2,2-3,5-6H3/q-1/b9-8-. The van der Waals surface area contributed by atoms with Crippen LogP contribution in [-0.2, 0) is 4.74 Å². The summed E-state index contributed by atoms with van der Waals surface area (Å²) in [4.78, 5) is 0. The SMILES string of the molecule is [C-]#C/C(C)=C(/C)OC(=C)N(C)NC. The summed E-state index contributed by atoms with van der Waals surface area (Å²) < 4.78 is 5.32. The molecule has 72 valence electrons. The molecule has 13 heavy (non-hydrogen) atoms. The van der Waals surface area contributed by atoms with Gasteiger partial charge in [0, 0.05) is 19.9 Å². The molecule has 3 heteroatoms. The van der Waals surface area contributed by atoms with Gasteiger partial charge in [-0.1, -0.05) is 6.92 Å². The van der Waals surface area contributed by atoms with Crippen molar-refractivity contribution >= 4 is 0 Å². The fraction of sp³-hybridized carbons (Fsp3) is 0.400. The van der Waals surface area contributed by atoms with Crippen LogP contribution < -0.4 is 5.43 Å². The molecule has 0 aliphatic carbocycles. The summed E-state index contributed by atoms with van der Waals surface area (Å²) in [6.45, 7) is 7.23. The second kappa shape index (κ2) is 5.28. The highest BCUT2D eigenvalue weighted by Crippen LogP contribution is 2.09. The molecule has 0 unspecified atom stereocenters. The topological polar surface area (TPSA) is 24.5 Å². The van der Waals surface area contributed by atoms with Crippen LogP contribution >= 0.6 is 0 Å². The molecule has 0 saturated carbocycles. The predicted octanol–water partition coefficient (Wildman–Crippen LogP) is 1.42. The van der Waals surface area contributed by atoms with Gasteiger partial charge in [0.1, 0.15) is 0 Å². The van der Waals surface area contributed by atoms with E-state index in [-0.39, 0.29) is 0 Å². The van der Waals surface area contributed by atoms with E-state index in [4.69, 9.17) is 11.2 Å². The van der Waals surface area contributed by atoms with Gasteiger partial charge in [-0.25, -0.2) is 5.43 Å². The molecule has 0 aliphatic heterocycles. The van der Waals surface area contributed by atoms with Gasteiger partial charge in [-0.05, 0) is 13.5 Å². The Morgan fingerprint density at radius 1 is 1.54 bits per heavy atom. The molecule has 0 fully saturated rings. The molecule has 0 aliphatic rings. The third-order valence-electron chi connectivity index (χ3n) is 1.70. The largest absolute Gasteiger partial charge is 0.463 e. The van der Waals surface area contributed by atoms with Crippen molar-refractivity contribution in [2.75, 3.05) is 14.1 Å². The first-order chi connectivity index (χ1) is 6.02. The van der Waals surface area contributed by atoms with Gasteiger partial charge in [-0.15, -0.1) is 5.57 Å². The van der Waals surface area contributed by atoms with Gasteiger partial charge < -0.3 is 11.2 Å². The average molecular weight is 179 g/mol. The summed E-state index contributed by atoms with van der Waals surface area (Å²) in [6.07, 6.45) is 6.89. The van der Waals surface area contributed by atoms with Gasteiger partial charge in [-0.2, -0.15) is 0 Å². The number of nitrogens with one attached hydrogen (secondary N) is 1. The summed E-state index contributed by atoms with van der Waals surface area (Å²) in [5, 5.41) is 1.64. The Hall–Kier alpha value is -1.40. The van der Waals surface area contributed by atoms with E-state index in [1.807, 2.05) is 0 Å². The highest BCUT2D eigenvalue weighted by molar-refractivity contribution is 5.23. The van der Waals surface area contributed by atoms with E-state index < -0.39 is 0 Å². The summed E-state index contributed by atoms with van der Waals surface area (Å²) in [5.41, 5.74) is 3.50. The molecule has 0 bridgehead atoms. The van der Waals surface area contributed by atoms with Crippen molar-refractivity contribution in [1.29, 1.82) is 0 Å². The number of ether oxygens (including phenoxy) is 1. The maximum Gasteiger partial charge on any atom is 0.199 e. The molecule has 0 rings (SSSR count). The maximum atomic E-state index is 6.89. The first-order valence-electron chi connectivity index (χ1n) is 3.91. The number of hydrogen-bond acceptors (Lipinski definition) is 3. The number of rotatable bonds is 4. The van der Waals surface area contributed by atoms with Gasteiger partial charge in [0.25, 0.3) is 0 Å². The van der Waals surface area contributed by atoms with Crippen molar-refractivity contribution in [2.45, 2.75) is 13.8 Å². The van der Waals surface area contributed by atoms with Crippen molar-refractivity contribution in [1.82, 2.24) is 10.4 Å². The monoisotopic (exact) mass is 179 g/mol. The molecule has 0 saturated heterocycles. The van der Waals surface area contributed by atoms with Crippen molar-refractivity contribution in [3.05, 3.63) is 30.2 Å². The van der Waals surface area contributed by atoms with Crippen LogP contribution in [0.4, 0.5) is 0 Å². The molecule has 3 nitrogen and oxygen atoms in total. The van der Waals surface area contributed by atoms with Crippen LogP contribution in [0.1, 0.15) is 13.8 Å². The molecular formula is C10H15N2O-. The van der Waals surface area contributed by atoms with E-state index in [0.29, 0.717) is 17.2 Å².